The van der Waals surface area contributed by atoms with E-state index in [4.69, 9.17) is 0 Å². The Morgan fingerprint density at radius 3 is 2.31 bits per heavy atom. The van der Waals surface area contributed by atoms with Gasteiger partial charge in [0.1, 0.15) is 6.04 Å². The minimum atomic E-state index is -0.286. The average Bonchev–Trinajstić information content (AvgIpc) is 2.01. The first kappa shape index (κ1) is 10.0. The van der Waals surface area contributed by atoms with Crippen molar-refractivity contribution in [3.05, 3.63) is 0 Å². The number of carbonyl (C=O) groups excluding carboxylic acids is 2. The number of hydrogen-bond donors (Lipinski definition) is 0. The highest BCUT2D eigenvalue weighted by atomic mass is 16.2. The Morgan fingerprint density at radius 2 is 1.85 bits per heavy atom. The van der Waals surface area contributed by atoms with Crippen molar-refractivity contribution in [1.29, 1.82) is 0 Å². The van der Waals surface area contributed by atoms with Gasteiger partial charge >= 0.3 is 0 Å². The van der Waals surface area contributed by atoms with Crippen LogP contribution in [-0.2, 0) is 9.59 Å². The van der Waals surface area contributed by atoms with E-state index in [1.54, 1.807) is 19.0 Å². The molecular formula is C9H16N2O2. The SMILES string of the molecule is CC(C)[C@@H]1C(=O)N(C)CC(=O)N1C. The molecule has 0 radical (unpaired) electrons. The summed E-state index contributed by atoms with van der Waals surface area (Å²) < 4.78 is 0. The van der Waals surface area contributed by atoms with E-state index < -0.39 is 0 Å². The van der Waals surface area contributed by atoms with Crippen molar-refractivity contribution in [2.75, 3.05) is 20.6 Å². The van der Waals surface area contributed by atoms with E-state index in [1.807, 2.05) is 13.8 Å². The molecule has 0 saturated carbocycles. The molecule has 1 aliphatic rings. The van der Waals surface area contributed by atoms with Crippen molar-refractivity contribution in [3.63, 3.8) is 0 Å². The largest absolute Gasteiger partial charge is 0.335 e. The highest BCUT2D eigenvalue weighted by Gasteiger charge is 2.36. The van der Waals surface area contributed by atoms with Crippen LogP contribution in [0.3, 0.4) is 0 Å². The topological polar surface area (TPSA) is 40.6 Å². The zero-order chi connectivity index (χ0) is 10.2. The normalized spacial score (nSPS) is 24.5. The molecule has 0 unspecified atom stereocenters. The standard InChI is InChI=1S/C9H16N2O2/c1-6(2)8-9(13)10(3)5-7(12)11(8)4/h6,8H,5H2,1-4H3/t8-/m1/s1. The van der Waals surface area contributed by atoms with Gasteiger partial charge in [-0.2, -0.15) is 0 Å². The Morgan fingerprint density at radius 1 is 1.31 bits per heavy atom. The van der Waals surface area contributed by atoms with Crippen molar-refractivity contribution in [1.82, 2.24) is 9.80 Å². The van der Waals surface area contributed by atoms with Crippen LogP contribution in [0.2, 0.25) is 0 Å². The first-order valence-corrected chi connectivity index (χ1v) is 4.45. The van der Waals surface area contributed by atoms with Gasteiger partial charge in [0.2, 0.25) is 11.8 Å². The molecule has 1 aliphatic heterocycles. The van der Waals surface area contributed by atoms with Crippen LogP contribution in [-0.4, -0.2) is 48.3 Å². The molecule has 0 spiro atoms. The molecule has 0 aromatic carbocycles. The zero-order valence-electron chi connectivity index (χ0n) is 8.57. The third kappa shape index (κ3) is 1.66. The summed E-state index contributed by atoms with van der Waals surface area (Å²) in [5.41, 5.74) is 0. The van der Waals surface area contributed by atoms with Gasteiger partial charge in [0, 0.05) is 14.1 Å². The van der Waals surface area contributed by atoms with Crippen LogP contribution < -0.4 is 0 Å². The molecule has 4 nitrogen and oxygen atoms in total. The summed E-state index contributed by atoms with van der Waals surface area (Å²) in [6.45, 7) is 4.11. The minimum Gasteiger partial charge on any atom is -0.335 e. The summed E-state index contributed by atoms with van der Waals surface area (Å²) in [7, 11) is 3.36. The fourth-order valence-electron chi connectivity index (χ4n) is 1.67. The highest BCUT2D eigenvalue weighted by Crippen LogP contribution is 2.16. The van der Waals surface area contributed by atoms with Gasteiger partial charge in [-0.3, -0.25) is 9.59 Å². The molecule has 13 heavy (non-hydrogen) atoms. The van der Waals surface area contributed by atoms with Crippen molar-refractivity contribution in [3.8, 4) is 0 Å². The molecule has 1 atom stereocenters. The third-order valence-corrected chi connectivity index (χ3v) is 2.44. The Bertz CT molecular complexity index is 238. The van der Waals surface area contributed by atoms with Crippen molar-refractivity contribution >= 4 is 11.8 Å². The van der Waals surface area contributed by atoms with Crippen LogP contribution in [0, 0.1) is 5.92 Å². The molecule has 0 aromatic rings. The maximum Gasteiger partial charge on any atom is 0.245 e. The first-order valence-electron chi connectivity index (χ1n) is 4.45. The van der Waals surface area contributed by atoms with Crippen molar-refractivity contribution in [2.24, 2.45) is 5.92 Å². The van der Waals surface area contributed by atoms with E-state index in [9.17, 15) is 9.59 Å². The molecule has 0 aliphatic carbocycles. The monoisotopic (exact) mass is 184 g/mol. The Labute approximate surface area is 78.5 Å². The predicted molar refractivity (Wildman–Crippen MR) is 49.0 cm³/mol. The lowest BCUT2D eigenvalue weighted by Gasteiger charge is -2.38. The van der Waals surface area contributed by atoms with Gasteiger partial charge < -0.3 is 9.80 Å². The summed E-state index contributed by atoms with van der Waals surface area (Å²) in [5, 5.41) is 0. The second-order valence-electron chi connectivity index (χ2n) is 3.89. The Kier molecular flexibility index (Phi) is 2.59. The number of piperazine rings is 1. The number of rotatable bonds is 1. The van der Waals surface area contributed by atoms with E-state index in [0.717, 1.165) is 0 Å². The van der Waals surface area contributed by atoms with Crippen molar-refractivity contribution < 1.29 is 9.59 Å². The Balaban J connectivity index is 2.88. The molecule has 0 aromatic heterocycles. The lowest BCUT2D eigenvalue weighted by Crippen LogP contribution is -2.59. The van der Waals surface area contributed by atoms with E-state index >= 15 is 0 Å². The number of nitrogens with zero attached hydrogens (tertiary/aromatic N) is 2. The number of carbonyl (C=O) groups is 2. The van der Waals surface area contributed by atoms with Gasteiger partial charge in [-0.25, -0.2) is 0 Å². The summed E-state index contributed by atoms with van der Waals surface area (Å²) in [4.78, 5) is 26.1. The summed E-state index contributed by atoms with van der Waals surface area (Å²) >= 11 is 0. The van der Waals surface area contributed by atoms with Crippen LogP contribution in [0.5, 0.6) is 0 Å². The van der Waals surface area contributed by atoms with Gasteiger partial charge in [0.15, 0.2) is 0 Å². The zero-order valence-corrected chi connectivity index (χ0v) is 8.57. The van der Waals surface area contributed by atoms with Crippen LogP contribution in [0.25, 0.3) is 0 Å². The number of hydrogen-bond acceptors (Lipinski definition) is 2. The van der Waals surface area contributed by atoms with E-state index in [1.165, 1.54) is 4.90 Å². The second-order valence-corrected chi connectivity index (χ2v) is 3.89. The molecule has 1 saturated heterocycles. The van der Waals surface area contributed by atoms with Crippen molar-refractivity contribution in [2.45, 2.75) is 19.9 Å². The van der Waals surface area contributed by atoms with Gasteiger partial charge in [-0.15, -0.1) is 0 Å². The van der Waals surface area contributed by atoms with Crippen LogP contribution in [0.15, 0.2) is 0 Å². The smallest absolute Gasteiger partial charge is 0.245 e. The van der Waals surface area contributed by atoms with Crippen LogP contribution >= 0.6 is 0 Å². The molecule has 0 bridgehead atoms. The fourth-order valence-corrected chi connectivity index (χ4v) is 1.67. The summed E-state index contributed by atoms with van der Waals surface area (Å²) in [6.07, 6.45) is 0. The van der Waals surface area contributed by atoms with E-state index in [0.29, 0.717) is 0 Å². The predicted octanol–water partition coefficient (Wildman–Crippen LogP) is -0.0586. The fraction of sp³-hybridized carbons (Fsp3) is 0.778. The van der Waals surface area contributed by atoms with Gasteiger partial charge in [0.05, 0.1) is 6.54 Å². The van der Waals surface area contributed by atoms with E-state index in [-0.39, 0.29) is 30.3 Å². The molecule has 2 amide bonds. The van der Waals surface area contributed by atoms with E-state index in [2.05, 4.69) is 0 Å². The average molecular weight is 184 g/mol. The lowest BCUT2D eigenvalue weighted by atomic mass is 9.99. The van der Waals surface area contributed by atoms with Gasteiger partial charge in [-0.1, -0.05) is 13.8 Å². The van der Waals surface area contributed by atoms with Crippen LogP contribution in [0.1, 0.15) is 13.8 Å². The molecule has 4 heteroatoms. The Hall–Kier alpha value is -1.06. The maximum absolute atomic E-state index is 11.7. The number of amides is 2. The minimum absolute atomic E-state index is 0.0146. The van der Waals surface area contributed by atoms with Gasteiger partial charge in [0.25, 0.3) is 0 Å². The molecule has 1 rings (SSSR count). The van der Waals surface area contributed by atoms with Gasteiger partial charge in [-0.05, 0) is 5.92 Å². The summed E-state index contributed by atoms with van der Waals surface area (Å²) in [6, 6.07) is -0.286. The van der Waals surface area contributed by atoms with Crippen LogP contribution in [0.4, 0.5) is 0 Å². The quantitative estimate of drug-likeness (QED) is 0.573. The lowest BCUT2D eigenvalue weighted by molar-refractivity contribution is -0.154. The highest BCUT2D eigenvalue weighted by molar-refractivity contribution is 5.94. The molecule has 1 fully saturated rings. The summed E-state index contributed by atoms with van der Waals surface area (Å²) in [5.74, 6) is 0.224. The molecular weight excluding hydrogens is 168 g/mol. The second kappa shape index (κ2) is 3.36. The number of likely N-dealkylation sites (N-methyl/N-ethyl adjacent to an activating group) is 2. The maximum atomic E-state index is 11.7. The molecule has 0 N–H and O–H groups in total. The first-order chi connectivity index (χ1) is 5.95. The molecule has 1 heterocycles. The molecule has 74 valence electrons. The third-order valence-electron chi connectivity index (χ3n) is 2.44.